The van der Waals surface area contributed by atoms with Crippen molar-refractivity contribution in [2.45, 2.75) is 24.9 Å². The van der Waals surface area contributed by atoms with E-state index >= 15 is 0 Å². The number of hydrogen-bond acceptors (Lipinski definition) is 4. The van der Waals surface area contributed by atoms with E-state index < -0.39 is 0 Å². The average molecular weight is 414 g/mol. The quantitative estimate of drug-likeness (QED) is 0.268. The third-order valence-corrected chi connectivity index (χ3v) is 5.76. The maximum Gasteiger partial charge on any atom is 0.196 e. The second-order valence-corrected chi connectivity index (χ2v) is 7.94. The van der Waals surface area contributed by atoms with Crippen LogP contribution in [0.25, 0.3) is 17.1 Å². The number of para-hydroxylation sites is 1. The van der Waals surface area contributed by atoms with Gasteiger partial charge in [0.25, 0.3) is 0 Å². The zero-order chi connectivity index (χ0) is 20.8. The third-order valence-electron chi connectivity index (χ3n) is 4.83. The largest absolute Gasteiger partial charge is 0.293 e. The highest BCUT2D eigenvalue weighted by molar-refractivity contribution is 7.99. The molecular weight excluding hydrogens is 390 g/mol. The van der Waals surface area contributed by atoms with Gasteiger partial charge in [-0.3, -0.25) is 9.36 Å². The Morgan fingerprint density at radius 2 is 1.53 bits per heavy atom. The maximum absolute atomic E-state index is 12.7. The van der Waals surface area contributed by atoms with E-state index in [2.05, 4.69) is 17.1 Å². The molecule has 0 atom stereocenters. The van der Waals surface area contributed by atoms with Crippen LogP contribution >= 0.6 is 11.8 Å². The minimum Gasteiger partial charge on any atom is -0.293 e. The molecular formula is C25H23N3OS. The number of carbonyl (C=O) groups excluding carboxylic acids is 1. The van der Waals surface area contributed by atoms with Gasteiger partial charge in [0.2, 0.25) is 0 Å². The summed E-state index contributed by atoms with van der Waals surface area (Å²) >= 11 is 1.41. The smallest absolute Gasteiger partial charge is 0.196 e. The SMILES string of the molecule is CCCc1ccc(C(=O)CSc2nnc(-c3ccccc3)n2-c2ccccc2)cc1. The summed E-state index contributed by atoms with van der Waals surface area (Å²) in [5.74, 6) is 1.17. The minimum atomic E-state index is 0.0897. The molecule has 0 bridgehead atoms. The number of hydrogen-bond donors (Lipinski definition) is 0. The van der Waals surface area contributed by atoms with Crippen LogP contribution in [0.5, 0.6) is 0 Å². The standard InChI is InChI=1S/C25H23N3OS/c1-2-9-19-14-16-20(17-15-19)23(29)18-30-25-27-26-24(21-10-5-3-6-11-21)28(25)22-12-7-4-8-13-22/h3-8,10-17H,2,9,18H2,1H3. The van der Waals surface area contributed by atoms with Crippen LogP contribution in [0.15, 0.2) is 90.1 Å². The molecule has 0 N–H and O–H groups in total. The van der Waals surface area contributed by atoms with Gasteiger partial charge >= 0.3 is 0 Å². The molecule has 0 aliphatic carbocycles. The summed E-state index contributed by atoms with van der Waals surface area (Å²) in [7, 11) is 0. The molecule has 4 rings (SSSR count). The molecule has 30 heavy (non-hydrogen) atoms. The van der Waals surface area contributed by atoms with E-state index in [-0.39, 0.29) is 5.78 Å². The number of aryl methyl sites for hydroxylation is 1. The number of Topliss-reactive ketones (excluding diaryl/α,β-unsaturated/α-hetero) is 1. The Morgan fingerprint density at radius 1 is 0.867 bits per heavy atom. The van der Waals surface area contributed by atoms with Gasteiger partial charge in [-0.1, -0.05) is 97.9 Å². The Hall–Kier alpha value is -3.18. The Kier molecular flexibility index (Phi) is 6.40. The Bertz CT molecular complexity index is 1110. The molecule has 4 nitrogen and oxygen atoms in total. The van der Waals surface area contributed by atoms with Crippen molar-refractivity contribution in [1.29, 1.82) is 0 Å². The fourth-order valence-corrected chi connectivity index (χ4v) is 4.15. The van der Waals surface area contributed by atoms with Crippen molar-refractivity contribution in [3.8, 4) is 17.1 Å². The molecule has 150 valence electrons. The van der Waals surface area contributed by atoms with Crippen molar-refractivity contribution in [3.63, 3.8) is 0 Å². The molecule has 0 amide bonds. The normalized spacial score (nSPS) is 10.8. The molecule has 0 saturated carbocycles. The summed E-state index contributed by atoms with van der Waals surface area (Å²) in [5, 5.41) is 9.53. The molecule has 0 aliphatic rings. The van der Waals surface area contributed by atoms with Crippen molar-refractivity contribution >= 4 is 17.5 Å². The lowest BCUT2D eigenvalue weighted by molar-refractivity contribution is 0.102. The van der Waals surface area contributed by atoms with Crippen LogP contribution in [0.1, 0.15) is 29.3 Å². The van der Waals surface area contributed by atoms with Crippen molar-refractivity contribution in [3.05, 3.63) is 96.1 Å². The number of rotatable bonds is 8. The van der Waals surface area contributed by atoms with Gasteiger partial charge in [0.05, 0.1) is 5.75 Å². The monoisotopic (exact) mass is 413 g/mol. The zero-order valence-corrected chi connectivity index (χ0v) is 17.7. The van der Waals surface area contributed by atoms with Crippen LogP contribution in [0, 0.1) is 0 Å². The topological polar surface area (TPSA) is 47.8 Å². The molecule has 0 aliphatic heterocycles. The summed E-state index contributed by atoms with van der Waals surface area (Å²) in [6.07, 6.45) is 2.13. The number of ketones is 1. The van der Waals surface area contributed by atoms with Crippen LogP contribution in [0.2, 0.25) is 0 Å². The van der Waals surface area contributed by atoms with Crippen molar-refractivity contribution in [2.75, 3.05) is 5.75 Å². The number of thioether (sulfide) groups is 1. The fraction of sp³-hybridized carbons (Fsp3) is 0.160. The highest BCUT2D eigenvalue weighted by Crippen LogP contribution is 2.28. The maximum atomic E-state index is 12.7. The first kappa shape index (κ1) is 20.1. The predicted molar refractivity (Wildman–Crippen MR) is 122 cm³/mol. The first-order valence-corrected chi connectivity index (χ1v) is 11.1. The summed E-state index contributed by atoms with van der Waals surface area (Å²) in [6.45, 7) is 2.16. The molecule has 0 fully saturated rings. The van der Waals surface area contributed by atoms with Crippen LogP contribution in [0.3, 0.4) is 0 Å². The van der Waals surface area contributed by atoms with Gasteiger partial charge < -0.3 is 0 Å². The Balaban J connectivity index is 1.58. The second-order valence-electron chi connectivity index (χ2n) is 7.00. The summed E-state index contributed by atoms with van der Waals surface area (Å²) < 4.78 is 2.01. The molecule has 0 radical (unpaired) electrons. The van der Waals surface area contributed by atoms with Gasteiger partial charge in [0, 0.05) is 16.8 Å². The van der Waals surface area contributed by atoms with Crippen molar-refractivity contribution in [2.24, 2.45) is 0 Å². The van der Waals surface area contributed by atoms with Gasteiger partial charge in [-0.2, -0.15) is 0 Å². The summed E-state index contributed by atoms with van der Waals surface area (Å²) in [4.78, 5) is 12.7. The zero-order valence-electron chi connectivity index (χ0n) is 16.9. The van der Waals surface area contributed by atoms with E-state index in [9.17, 15) is 4.79 Å². The Labute approximate surface area is 181 Å². The second kappa shape index (κ2) is 9.55. The van der Waals surface area contributed by atoms with E-state index in [0.29, 0.717) is 10.9 Å². The van der Waals surface area contributed by atoms with Crippen LogP contribution < -0.4 is 0 Å². The van der Waals surface area contributed by atoms with E-state index in [0.717, 1.165) is 35.5 Å². The number of benzene rings is 3. The molecule has 0 unspecified atom stereocenters. The fourth-order valence-electron chi connectivity index (χ4n) is 3.31. The van der Waals surface area contributed by atoms with Crippen molar-refractivity contribution in [1.82, 2.24) is 14.8 Å². The molecule has 1 heterocycles. The molecule has 3 aromatic carbocycles. The molecule has 5 heteroatoms. The predicted octanol–water partition coefficient (Wildman–Crippen LogP) is 5.86. The molecule has 0 spiro atoms. The van der Waals surface area contributed by atoms with Crippen LogP contribution in [0.4, 0.5) is 0 Å². The molecule has 0 saturated heterocycles. The highest BCUT2D eigenvalue weighted by atomic mass is 32.2. The lowest BCUT2D eigenvalue weighted by Crippen LogP contribution is -2.05. The molecule has 4 aromatic rings. The van der Waals surface area contributed by atoms with E-state index in [1.165, 1.54) is 17.3 Å². The van der Waals surface area contributed by atoms with Crippen LogP contribution in [-0.4, -0.2) is 26.3 Å². The van der Waals surface area contributed by atoms with E-state index in [1.54, 1.807) is 0 Å². The first-order chi connectivity index (χ1) is 14.8. The first-order valence-electron chi connectivity index (χ1n) is 10.1. The number of aromatic nitrogens is 3. The van der Waals surface area contributed by atoms with Crippen LogP contribution in [-0.2, 0) is 6.42 Å². The summed E-state index contributed by atoms with van der Waals surface area (Å²) in [5.41, 5.74) is 3.95. The number of carbonyl (C=O) groups is 1. The van der Waals surface area contributed by atoms with Gasteiger partial charge in [-0.05, 0) is 24.1 Å². The van der Waals surface area contributed by atoms with E-state index in [1.807, 2.05) is 89.5 Å². The Morgan fingerprint density at radius 3 is 2.20 bits per heavy atom. The summed E-state index contributed by atoms with van der Waals surface area (Å²) in [6, 6.07) is 27.9. The lowest BCUT2D eigenvalue weighted by Gasteiger charge is -2.10. The molecule has 1 aromatic heterocycles. The van der Waals surface area contributed by atoms with Gasteiger partial charge in [0.1, 0.15) is 0 Å². The third kappa shape index (κ3) is 4.52. The average Bonchev–Trinajstić information content (AvgIpc) is 3.23. The van der Waals surface area contributed by atoms with E-state index in [4.69, 9.17) is 0 Å². The number of nitrogens with zero attached hydrogens (tertiary/aromatic N) is 3. The van der Waals surface area contributed by atoms with Gasteiger partial charge in [-0.15, -0.1) is 10.2 Å². The van der Waals surface area contributed by atoms with Gasteiger partial charge in [0.15, 0.2) is 16.8 Å². The van der Waals surface area contributed by atoms with Crippen molar-refractivity contribution < 1.29 is 4.79 Å². The highest BCUT2D eigenvalue weighted by Gasteiger charge is 2.17. The van der Waals surface area contributed by atoms with Gasteiger partial charge in [-0.25, -0.2) is 0 Å². The minimum absolute atomic E-state index is 0.0897. The lowest BCUT2D eigenvalue weighted by atomic mass is 10.1.